The minimum Gasteiger partial charge on any atom is -0.378 e. The first kappa shape index (κ1) is 24.4. The van der Waals surface area contributed by atoms with Crippen molar-refractivity contribution in [3.8, 4) is 11.3 Å². The van der Waals surface area contributed by atoms with E-state index in [-0.39, 0.29) is 5.82 Å². The van der Waals surface area contributed by atoms with E-state index in [1.807, 2.05) is 6.92 Å². The summed E-state index contributed by atoms with van der Waals surface area (Å²) in [4.78, 5) is 8.03. The fourth-order valence-electron chi connectivity index (χ4n) is 3.82. The molecule has 6 nitrogen and oxygen atoms in total. The number of hydrogen-bond acceptors (Lipinski definition) is 5. The van der Waals surface area contributed by atoms with Crippen LogP contribution in [0.1, 0.15) is 13.3 Å². The number of nitrogens with one attached hydrogen (secondary N) is 2. The van der Waals surface area contributed by atoms with Gasteiger partial charge in [0.2, 0.25) is 0 Å². The van der Waals surface area contributed by atoms with Gasteiger partial charge in [-0.05, 0) is 67.5 Å². The number of nitrogens with zero attached hydrogens (tertiary/aromatic N) is 3. The van der Waals surface area contributed by atoms with E-state index >= 15 is 0 Å². The van der Waals surface area contributed by atoms with E-state index in [9.17, 15) is 4.39 Å². The van der Waals surface area contributed by atoms with Crippen LogP contribution in [0.2, 0.25) is 0 Å². The lowest BCUT2D eigenvalue weighted by Gasteiger charge is -2.28. The third-order valence-electron chi connectivity index (χ3n) is 5.57. The van der Waals surface area contributed by atoms with Crippen LogP contribution in [-0.4, -0.2) is 49.1 Å². The van der Waals surface area contributed by atoms with Gasteiger partial charge in [-0.2, -0.15) is 0 Å². The summed E-state index contributed by atoms with van der Waals surface area (Å²) in [6.45, 7) is 7.75. The second-order valence-electron chi connectivity index (χ2n) is 7.93. The number of rotatable bonds is 8. The average molecular weight is 500 g/mol. The third kappa shape index (κ3) is 6.43. The normalized spacial score (nSPS) is 14.3. The molecule has 0 bridgehead atoms. The Kier molecular flexibility index (Phi) is 8.67. The molecule has 1 aliphatic rings. The minimum atomic E-state index is -0.262. The van der Waals surface area contributed by atoms with Crippen molar-refractivity contribution in [2.75, 3.05) is 44.3 Å². The van der Waals surface area contributed by atoms with E-state index in [1.165, 1.54) is 17.8 Å². The molecule has 2 N–H and O–H groups in total. The summed E-state index contributed by atoms with van der Waals surface area (Å²) < 4.78 is 21.0. The highest BCUT2D eigenvalue weighted by atomic mass is 32.1. The molecule has 3 aromatic rings. The van der Waals surface area contributed by atoms with Gasteiger partial charge in [0, 0.05) is 43.8 Å². The van der Waals surface area contributed by atoms with Crippen molar-refractivity contribution in [3.05, 3.63) is 64.5 Å². The van der Waals surface area contributed by atoms with E-state index in [4.69, 9.17) is 21.9 Å². The fraction of sp³-hybridized carbons (Fsp3) is 0.360. The van der Waals surface area contributed by atoms with Crippen molar-refractivity contribution in [3.63, 3.8) is 0 Å². The monoisotopic (exact) mass is 499 g/mol. The van der Waals surface area contributed by atoms with Gasteiger partial charge in [0.25, 0.3) is 0 Å². The molecule has 2 aromatic carbocycles. The standard InChI is InChI=1S/C25H30FN5OS2/c1-2-27-24(33)28-12-3-13-31-23(18-34-25(31)29-21-8-6-20(26)7-9-21)19-4-10-22(11-5-19)30-14-16-32-17-15-30/h4-11,18H,2-3,12-17H2,1H3,(H2,27,28,33). The largest absolute Gasteiger partial charge is 0.378 e. The number of thiocarbonyl (C=S) groups is 1. The first-order valence-electron chi connectivity index (χ1n) is 11.6. The average Bonchev–Trinajstić information content (AvgIpc) is 3.26. The Morgan fingerprint density at radius 3 is 2.53 bits per heavy atom. The number of aromatic nitrogens is 1. The Bertz CT molecular complexity index is 1140. The van der Waals surface area contributed by atoms with E-state index in [2.05, 4.69) is 49.7 Å². The summed E-state index contributed by atoms with van der Waals surface area (Å²) in [5, 5.41) is 9.17. The molecule has 1 fully saturated rings. The third-order valence-corrected chi connectivity index (χ3v) is 6.72. The zero-order valence-corrected chi connectivity index (χ0v) is 20.9. The van der Waals surface area contributed by atoms with Gasteiger partial charge in [-0.1, -0.05) is 12.1 Å². The van der Waals surface area contributed by atoms with Crippen molar-refractivity contribution >= 4 is 40.0 Å². The molecule has 0 radical (unpaired) electrons. The number of morpholine rings is 1. The maximum Gasteiger partial charge on any atom is 0.190 e. The Morgan fingerprint density at radius 1 is 1.09 bits per heavy atom. The molecule has 4 rings (SSSR count). The highest BCUT2D eigenvalue weighted by Gasteiger charge is 2.13. The predicted octanol–water partition coefficient (Wildman–Crippen LogP) is 4.30. The van der Waals surface area contributed by atoms with Gasteiger partial charge in [0.05, 0.1) is 24.6 Å². The molecular weight excluding hydrogens is 469 g/mol. The van der Waals surface area contributed by atoms with Crippen molar-refractivity contribution in [2.45, 2.75) is 19.9 Å². The number of hydrogen-bond donors (Lipinski definition) is 2. The topological polar surface area (TPSA) is 53.8 Å². The molecule has 2 heterocycles. The number of benzene rings is 2. The summed E-state index contributed by atoms with van der Waals surface area (Å²) in [5.74, 6) is -0.262. The summed E-state index contributed by atoms with van der Waals surface area (Å²) in [6.07, 6.45) is 0.887. The lowest BCUT2D eigenvalue weighted by molar-refractivity contribution is 0.122. The summed E-state index contributed by atoms with van der Waals surface area (Å²) in [6, 6.07) is 15.0. The van der Waals surface area contributed by atoms with Crippen molar-refractivity contribution < 1.29 is 9.13 Å². The van der Waals surface area contributed by atoms with Crippen LogP contribution in [-0.2, 0) is 11.3 Å². The number of ether oxygens (including phenoxy) is 1. The quantitative estimate of drug-likeness (QED) is 0.358. The second-order valence-corrected chi connectivity index (χ2v) is 9.17. The second kappa shape index (κ2) is 12.1. The molecule has 0 spiro atoms. The molecule has 1 aliphatic heterocycles. The molecule has 0 atom stereocenters. The zero-order valence-electron chi connectivity index (χ0n) is 19.3. The summed E-state index contributed by atoms with van der Waals surface area (Å²) in [7, 11) is 0. The van der Waals surface area contributed by atoms with Crippen molar-refractivity contribution in [1.29, 1.82) is 0 Å². The summed E-state index contributed by atoms with van der Waals surface area (Å²) >= 11 is 6.86. The minimum absolute atomic E-state index is 0.262. The molecule has 0 unspecified atom stereocenters. The fourth-order valence-corrected chi connectivity index (χ4v) is 5.02. The number of thiazole rings is 1. The van der Waals surface area contributed by atoms with Crippen LogP contribution < -0.4 is 20.3 Å². The van der Waals surface area contributed by atoms with Gasteiger partial charge in [0.1, 0.15) is 5.82 Å². The molecular formula is C25H30FN5OS2. The highest BCUT2D eigenvalue weighted by Crippen LogP contribution is 2.25. The molecule has 180 valence electrons. The van der Waals surface area contributed by atoms with Gasteiger partial charge in [0.15, 0.2) is 9.91 Å². The van der Waals surface area contributed by atoms with E-state index in [0.29, 0.717) is 5.11 Å². The van der Waals surface area contributed by atoms with Crippen LogP contribution in [0.3, 0.4) is 0 Å². The Balaban J connectivity index is 1.57. The van der Waals surface area contributed by atoms with Crippen LogP contribution in [0.5, 0.6) is 0 Å². The molecule has 0 aliphatic carbocycles. The van der Waals surface area contributed by atoms with Crippen LogP contribution in [0, 0.1) is 5.82 Å². The molecule has 1 aromatic heterocycles. The molecule has 0 amide bonds. The lowest BCUT2D eigenvalue weighted by Crippen LogP contribution is -2.36. The molecule has 9 heteroatoms. The first-order chi connectivity index (χ1) is 16.6. The predicted molar refractivity (Wildman–Crippen MR) is 141 cm³/mol. The van der Waals surface area contributed by atoms with Gasteiger partial charge < -0.3 is 24.8 Å². The highest BCUT2D eigenvalue weighted by molar-refractivity contribution is 7.80. The molecule has 1 saturated heterocycles. The van der Waals surface area contributed by atoms with Gasteiger partial charge in [-0.15, -0.1) is 11.3 Å². The van der Waals surface area contributed by atoms with E-state index in [0.717, 1.165) is 74.1 Å². The lowest BCUT2D eigenvalue weighted by atomic mass is 10.1. The van der Waals surface area contributed by atoms with Crippen molar-refractivity contribution in [1.82, 2.24) is 15.2 Å². The van der Waals surface area contributed by atoms with E-state index < -0.39 is 0 Å². The molecule has 34 heavy (non-hydrogen) atoms. The Morgan fingerprint density at radius 2 is 1.82 bits per heavy atom. The maximum atomic E-state index is 13.3. The Labute approximate surface area is 209 Å². The first-order valence-corrected chi connectivity index (χ1v) is 12.9. The van der Waals surface area contributed by atoms with Crippen LogP contribution >= 0.6 is 23.6 Å². The molecule has 0 saturated carbocycles. The van der Waals surface area contributed by atoms with Gasteiger partial charge in [-0.25, -0.2) is 9.38 Å². The maximum absolute atomic E-state index is 13.3. The van der Waals surface area contributed by atoms with Gasteiger partial charge >= 0.3 is 0 Å². The Hall–Kier alpha value is -2.75. The number of halogens is 1. The van der Waals surface area contributed by atoms with Crippen LogP contribution in [0.15, 0.2) is 58.9 Å². The van der Waals surface area contributed by atoms with Crippen LogP contribution in [0.4, 0.5) is 15.8 Å². The van der Waals surface area contributed by atoms with Gasteiger partial charge in [-0.3, -0.25) is 0 Å². The zero-order chi connectivity index (χ0) is 23.8. The SMILES string of the molecule is CCNC(=S)NCCCn1c(-c2ccc(N3CCOCC3)cc2)csc1=Nc1ccc(F)cc1. The van der Waals surface area contributed by atoms with E-state index in [1.54, 1.807) is 23.5 Å². The van der Waals surface area contributed by atoms with Crippen molar-refractivity contribution in [2.24, 2.45) is 4.99 Å². The smallest absolute Gasteiger partial charge is 0.190 e. The summed E-state index contributed by atoms with van der Waals surface area (Å²) in [5.41, 5.74) is 4.21. The van der Waals surface area contributed by atoms with Crippen LogP contribution in [0.25, 0.3) is 11.3 Å². The number of anilines is 1.